The van der Waals surface area contributed by atoms with Crippen molar-refractivity contribution in [2.24, 2.45) is 11.8 Å². The molecule has 0 aromatic heterocycles. The SMILES string of the molecule is FC(F)(F)[C@@H]1CCC[C@@H](N[C@H]2CCC[C@@H](C(F)(F)F)C2)C1. The second-order valence-electron chi connectivity index (χ2n) is 6.37. The van der Waals surface area contributed by atoms with Crippen LogP contribution in [-0.4, -0.2) is 24.4 Å². The third-order valence-electron chi connectivity index (χ3n) is 4.75. The van der Waals surface area contributed by atoms with Crippen LogP contribution >= 0.6 is 0 Å². The predicted octanol–water partition coefficient (Wildman–Crippen LogP) is 4.82. The van der Waals surface area contributed by atoms with Gasteiger partial charge in [0.15, 0.2) is 0 Å². The molecule has 2 saturated carbocycles. The largest absolute Gasteiger partial charge is 0.391 e. The van der Waals surface area contributed by atoms with Gasteiger partial charge in [-0.05, 0) is 38.5 Å². The summed E-state index contributed by atoms with van der Waals surface area (Å²) in [7, 11) is 0. The Morgan fingerprint density at radius 3 is 1.33 bits per heavy atom. The quantitative estimate of drug-likeness (QED) is 0.720. The molecule has 0 bridgehead atoms. The van der Waals surface area contributed by atoms with Crippen LogP contribution in [-0.2, 0) is 0 Å². The molecule has 1 nitrogen and oxygen atoms in total. The number of halogens is 6. The fourth-order valence-electron chi connectivity index (χ4n) is 3.61. The predicted molar refractivity (Wildman–Crippen MR) is 66.7 cm³/mol. The minimum absolute atomic E-state index is 0.00329. The Morgan fingerprint density at radius 2 is 1.00 bits per heavy atom. The van der Waals surface area contributed by atoms with Gasteiger partial charge in [0, 0.05) is 12.1 Å². The summed E-state index contributed by atoms with van der Waals surface area (Å²) in [5.41, 5.74) is 0. The van der Waals surface area contributed by atoms with Crippen molar-refractivity contribution in [3.05, 3.63) is 0 Å². The van der Waals surface area contributed by atoms with Gasteiger partial charge in [0.05, 0.1) is 11.8 Å². The van der Waals surface area contributed by atoms with Gasteiger partial charge in [0.25, 0.3) is 0 Å². The molecule has 0 aromatic carbocycles. The van der Waals surface area contributed by atoms with Crippen LogP contribution in [0.25, 0.3) is 0 Å². The van der Waals surface area contributed by atoms with Crippen molar-refractivity contribution in [3.8, 4) is 0 Å². The standard InChI is InChI=1S/C14H21F6N/c15-13(16,17)9-3-1-5-11(7-9)21-12-6-2-4-10(8-12)14(18,19)20/h9-12,21H,1-8H2/t9-,10-,11-,12+/m1/s1. The molecule has 0 radical (unpaired) electrons. The molecule has 4 atom stereocenters. The molecule has 124 valence electrons. The molecule has 0 amide bonds. The Balaban J connectivity index is 1.86. The van der Waals surface area contributed by atoms with Crippen LogP contribution in [0.2, 0.25) is 0 Å². The van der Waals surface area contributed by atoms with Gasteiger partial charge in [-0.25, -0.2) is 0 Å². The fourth-order valence-corrected chi connectivity index (χ4v) is 3.61. The maximum atomic E-state index is 12.7. The summed E-state index contributed by atoms with van der Waals surface area (Å²) in [6.45, 7) is 0. The molecule has 0 unspecified atom stereocenters. The summed E-state index contributed by atoms with van der Waals surface area (Å²) in [5, 5.41) is 3.06. The molecule has 2 rings (SSSR count). The van der Waals surface area contributed by atoms with E-state index in [1.807, 2.05) is 0 Å². The average molecular weight is 317 g/mol. The first kappa shape index (κ1) is 16.9. The van der Waals surface area contributed by atoms with Crippen LogP contribution in [0.5, 0.6) is 0 Å². The van der Waals surface area contributed by atoms with Crippen LogP contribution in [0.4, 0.5) is 26.3 Å². The van der Waals surface area contributed by atoms with E-state index in [2.05, 4.69) is 5.32 Å². The molecule has 0 heterocycles. The minimum atomic E-state index is -4.19. The highest BCUT2D eigenvalue weighted by Crippen LogP contribution is 2.40. The third kappa shape index (κ3) is 4.76. The van der Waals surface area contributed by atoms with Crippen molar-refractivity contribution in [1.29, 1.82) is 0 Å². The van der Waals surface area contributed by atoms with Gasteiger partial charge < -0.3 is 5.32 Å². The van der Waals surface area contributed by atoms with E-state index in [1.54, 1.807) is 0 Å². The van der Waals surface area contributed by atoms with Gasteiger partial charge >= 0.3 is 12.4 Å². The van der Waals surface area contributed by atoms with Crippen molar-refractivity contribution in [2.45, 2.75) is 75.8 Å². The normalized spacial score (nSPS) is 35.7. The summed E-state index contributed by atoms with van der Waals surface area (Å²) >= 11 is 0. The summed E-state index contributed by atoms with van der Waals surface area (Å²) < 4.78 is 76.4. The summed E-state index contributed by atoms with van der Waals surface area (Å²) in [4.78, 5) is 0. The molecular formula is C14H21F6N. The number of hydrogen-bond donors (Lipinski definition) is 1. The molecular weight excluding hydrogens is 296 g/mol. The first-order valence-corrected chi connectivity index (χ1v) is 7.55. The lowest BCUT2D eigenvalue weighted by Gasteiger charge is -2.37. The smallest absolute Gasteiger partial charge is 0.311 e. The van der Waals surface area contributed by atoms with E-state index in [0.29, 0.717) is 25.7 Å². The Bertz CT molecular complexity index is 305. The van der Waals surface area contributed by atoms with E-state index in [-0.39, 0.29) is 37.8 Å². The van der Waals surface area contributed by atoms with E-state index >= 15 is 0 Å². The zero-order valence-electron chi connectivity index (χ0n) is 11.7. The number of hydrogen-bond acceptors (Lipinski definition) is 1. The maximum Gasteiger partial charge on any atom is 0.391 e. The summed E-state index contributed by atoms with van der Waals surface area (Å²) in [6.07, 6.45) is -5.90. The number of alkyl halides is 6. The van der Waals surface area contributed by atoms with E-state index in [4.69, 9.17) is 0 Å². The van der Waals surface area contributed by atoms with E-state index in [1.165, 1.54) is 0 Å². The second kappa shape index (κ2) is 6.34. The first-order valence-electron chi connectivity index (χ1n) is 7.55. The molecule has 2 aliphatic carbocycles. The highest BCUT2D eigenvalue weighted by Gasteiger charge is 2.44. The van der Waals surface area contributed by atoms with E-state index in [0.717, 1.165) is 0 Å². The van der Waals surface area contributed by atoms with Gasteiger partial charge in [-0.2, -0.15) is 26.3 Å². The van der Waals surface area contributed by atoms with Crippen LogP contribution < -0.4 is 5.32 Å². The van der Waals surface area contributed by atoms with Crippen LogP contribution in [0.3, 0.4) is 0 Å². The third-order valence-corrected chi connectivity index (χ3v) is 4.75. The van der Waals surface area contributed by atoms with Crippen molar-refractivity contribution >= 4 is 0 Å². The second-order valence-corrected chi connectivity index (χ2v) is 6.37. The lowest BCUT2D eigenvalue weighted by molar-refractivity contribution is -0.186. The highest BCUT2D eigenvalue weighted by atomic mass is 19.4. The van der Waals surface area contributed by atoms with Crippen LogP contribution in [0.1, 0.15) is 51.4 Å². The minimum Gasteiger partial charge on any atom is -0.311 e. The molecule has 0 spiro atoms. The Morgan fingerprint density at radius 1 is 0.619 bits per heavy atom. The Hall–Kier alpha value is -0.460. The van der Waals surface area contributed by atoms with Gasteiger partial charge in [0.2, 0.25) is 0 Å². The highest BCUT2D eigenvalue weighted by molar-refractivity contribution is 4.87. The number of nitrogens with one attached hydrogen (secondary N) is 1. The van der Waals surface area contributed by atoms with Crippen LogP contribution in [0.15, 0.2) is 0 Å². The molecule has 1 N–H and O–H groups in total. The molecule has 0 aliphatic heterocycles. The monoisotopic (exact) mass is 317 g/mol. The van der Waals surface area contributed by atoms with Gasteiger partial charge in [0.1, 0.15) is 0 Å². The van der Waals surface area contributed by atoms with Crippen LogP contribution in [0, 0.1) is 11.8 Å². The topological polar surface area (TPSA) is 12.0 Å². The van der Waals surface area contributed by atoms with Gasteiger partial charge in [-0.15, -0.1) is 0 Å². The van der Waals surface area contributed by atoms with Crippen molar-refractivity contribution in [2.75, 3.05) is 0 Å². The Kier molecular flexibility index (Phi) is 5.11. The van der Waals surface area contributed by atoms with Gasteiger partial charge in [-0.1, -0.05) is 12.8 Å². The zero-order valence-corrected chi connectivity index (χ0v) is 11.7. The van der Waals surface area contributed by atoms with Crippen molar-refractivity contribution < 1.29 is 26.3 Å². The van der Waals surface area contributed by atoms with Crippen molar-refractivity contribution in [1.82, 2.24) is 5.32 Å². The molecule has 0 aromatic rings. The maximum absolute atomic E-state index is 12.7. The summed E-state index contributed by atoms with van der Waals surface area (Å²) in [6, 6.07) is -0.607. The van der Waals surface area contributed by atoms with Crippen molar-refractivity contribution in [3.63, 3.8) is 0 Å². The number of rotatable bonds is 2. The molecule has 2 fully saturated rings. The molecule has 2 aliphatic rings. The molecule has 0 saturated heterocycles. The zero-order chi connectivity index (χ0) is 15.7. The Labute approximate surface area is 120 Å². The first-order chi connectivity index (χ1) is 9.66. The van der Waals surface area contributed by atoms with Gasteiger partial charge in [-0.3, -0.25) is 0 Å². The fraction of sp³-hybridized carbons (Fsp3) is 1.00. The molecule has 21 heavy (non-hydrogen) atoms. The van der Waals surface area contributed by atoms with E-state index in [9.17, 15) is 26.3 Å². The average Bonchev–Trinajstić information content (AvgIpc) is 2.37. The lowest BCUT2D eigenvalue weighted by atomic mass is 9.82. The summed E-state index contributed by atoms with van der Waals surface area (Å²) in [5.74, 6) is -2.63. The lowest BCUT2D eigenvalue weighted by Crippen LogP contribution is -2.46. The molecule has 7 heteroatoms. The van der Waals surface area contributed by atoms with E-state index < -0.39 is 24.2 Å².